The Balaban J connectivity index is 2.06. The van der Waals surface area contributed by atoms with Crippen molar-refractivity contribution in [2.45, 2.75) is 39.5 Å². The zero-order valence-corrected chi connectivity index (χ0v) is 13.6. The van der Waals surface area contributed by atoms with Crippen LogP contribution < -0.4 is 0 Å². The fourth-order valence-electron chi connectivity index (χ4n) is 3.17. The molecule has 4 rings (SSSR count). The van der Waals surface area contributed by atoms with Crippen LogP contribution >= 0.6 is 23.1 Å². The first kappa shape index (κ1) is 13.2. The smallest absolute Gasteiger partial charge is 0.138 e. The highest BCUT2D eigenvalue weighted by atomic mass is 35.5. The highest BCUT2D eigenvalue weighted by molar-refractivity contribution is 7.15. The number of nitrogens with zero attached hydrogens (tertiary/aromatic N) is 4. The fraction of sp³-hybridized carbons (Fsp3) is 0.400. The first-order chi connectivity index (χ1) is 10.2. The third-order valence-electron chi connectivity index (χ3n) is 4.28. The van der Waals surface area contributed by atoms with E-state index in [1.165, 1.54) is 44.9 Å². The van der Waals surface area contributed by atoms with E-state index >= 15 is 0 Å². The third kappa shape index (κ3) is 1.91. The summed E-state index contributed by atoms with van der Waals surface area (Å²) in [5.41, 5.74) is 6.88. The Morgan fingerprint density at radius 3 is 2.67 bits per heavy atom. The zero-order chi connectivity index (χ0) is 14.6. The van der Waals surface area contributed by atoms with Crippen LogP contribution in [0.1, 0.15) is 34.5 Å². The average molecular weight is 319 g/mol. The highest BCUT2D eigenvalue weighted by Gasteiger charge is 2.30. The van der Waals surface area contributed by atoms with Crippen molar-refractivity contribution in [3.8, 4) is 22.0 Å². The van der Waals surface area contributed by atoms with Gasteiger partial charge >= 0.3 is 0 Å². The van der Waals surface area contributed by atoms with Crippen LogP contribution in [0.4, 0.5) is 0 Å². The number of hydrogen-bond acceptors (Lipinski definition) is 4. The van der Waals surface area contributed by atoms with Crippen molar-refractivity contribution >= 4 is 23.1 Å². The Bertz CT molecular complexity index is 785. The van der Waals surface area contributed by atoms with E-state index in [1.807, 2.05) is 0 Å². The summed E-state index contributed by atoms with van der Waals surface area (Å²) in [4.78, 5) is 10.5. The maximum Gasteiger partial charge on any atom is 0.138 e. The van der Waals surface area contributed by atoms with Crippen molar-refractivity contribution in [2.24, 2.45) is 0 Å². The van der Waals surface area contributed by atoms with Crippen LogP contribution in [0.25, 0.3) is 22.0 Å². The quantitative estimate of drug-likeness (QED) is 0.681. The molecule has 108 valence electrons. The minimum atomic E-state index is 0.945. The maximum atomic E-state index is 6.28. The predicted octanol–water partition coefficient (Wildman–Crippen LogP) is 4.00. The van der Waals surface area contributed by atoms with Gasteiger partial charge in [-0.2, -0.15) is 4.20 Å². The van der Waals surface area contributed by atoms with Crippen LogP contribution in [0.3, 0.4) is 0 Å². The van der Waals surface area contributed by atoms with Crippen LogP contribution in [-0.2, 0) is 12.8 Å². The van der Waals surface area contributed by atoms with Crippen molar-refractivity contribution in [3.05, 3.63) is 28.0 Å². The molecular formula is C15H15ClN4S. The van der Waals surface area contributed by atoms with Gasteiger partial charge in [0.05, 0.1) is 5.69 Å². The second-order valence-corrected chi connectivity index (χ2v) is 7.04. The number of rotatable bonds is 1. The maximum absolute atomic E-state index is 6.28. The van der Waals surface area contributed by atoms with E-state index in [4.69, 9.17) is 16.8 Å². The van der Waals surface area contributed by atoms with Crippen LogP contribution in [0.2, 0.25) is 0 Å². The Kier molecular flexibility index (Phi) is 3.01. The van der Waals surface area contributed by atoms with Crippen molar-refractivity contribution in [3.63, 3.8) is 0 Å². The summed E-state index contributed by atoms with van der Waals surface area (Å²) in [5.74, 6) is 0. The van der Waals surface area contributed by atoms with Gasteiger partial charge in [0.2, 0.25) is 0 Å². The summed E-state index contributed by atoms with van der Waals surface area (Å²) in [6.07, 6.45) is 6.07. The molecule has 0 unspecified atom stereocenters. The monoisotopic (exact) mass is 318 g/mol. The number of aryl methyl sites for hydroxylation is 2. The largest absolute Gasteiger partial charge is 0.241 e. The van der Waals surface area contributed by atoms with Crippen LogP contribution in [0.5, 0.6) is 0 Å². The lowest BCUT2D eigenvalue weighted by Gasteiger charge is -2.13. The van der Waals surface area contributed by atoms with Crippen LogP contribution in [-0.4, -0.2) is 19.3 Å². The predicted molar refractivity (Wildman–Crippen MR) is 85.1 cm³/mol. The first-order valence-electron chi connectivity index (χ1n) is 7.15. The molecule has 6 heteroatoms. The summed E-state index contributed by atoms with van der Waals surface area (Å²) in [6.45, 7) is 4.18. The molecular weight excluding hydrogens is 304 g/mol. The standard InChI is InChI=1S/C15H15ClN4S/c1-8-9(2)21-15(19-8)12-10-5-3-4-6-11(10)14-13(12)17-7-18-20(14)16/h7H,3-6H2,1-2H3. The molecule has 0 fully saturated rings. The molecule has 3 aliphatic rings. The molecule has 0 saturated carbocycles. The van der Waals surface area contributed by atoms with Gasteiger partial charge in [0.15, 0.2) is 0 Å². The number of aromatic nitrogens is 4. The summed E-state index contributed by atoms with van der Waals surface area (Å²) >= 11 is 8.02. The lowest BCUT2D eigenvalue weighted by Crippen LogP contribution is -2.04. The normalized spacial score (nSPS) is 14.6. The molecule has 2 heterocycles. The van der Waals surface area contributed by atoms with Crippen molar-refractivity contribution in [2.75, 3.05) is 0 Å². The molecule has 0 spiro atoms. The van der Waals surface area contributed by atoms with Gasteiger partial charge in [0.1, 0.15) is 22.7 Å². The molecule has 0 atom stereocenters. The lowest BCUT2D eigenvalue weighted by molar-refractivity contribution is 0.688. The second-order valence-electron chi connectivity index (χ2n) is 5.52. The Morgan fingerprint density at radius 2 is 1.95 bits per heavy atom. The van der Waals surface area contributed by atoms with Gasteiger partial charge in [-0.1, -0.05) is 0 Å². The molecule has 0 saturated heterocycles. The van der Waals surface area contributed by atoms with E-state index in [2.05, 4.69) is 23.9 Å². The number of thiazole rings is 1. The molecule has 21 heavy (non-hydrogen) atoms. The average Bonchev–Trinajstić information content (AvgIpc) is 2.97. The highest BCUT2D eigenvalue weighted by Crippen LogP contribution is 2.46. The van der Waals surface area contributed by atoms with E-state index in [-0.39, 0.29) is 0 Å². The van der Waals surface area contributed by atoms with Crippen molar-refractivity contribution in [1.82, 2.24) is 19.3 Å². The van der Waals surface area contributed by atoms with Crippen molar-refractivity contribution in [1.29, 1.82) is 0 Å². The van der Waals surface area contributed by atoms with E-state index in [0.717, 1.165) is 34.9 Å². The van der Waals surface area contributed by atoms with Gasteiger partial charge in [0.25, 0.3) is 0 Å². The van der Waals surface area contributed by atoms with Crippen molar-refractivity contribution < 1.29 is 0 Å². The third-order valence-corrected chi connectivity index (χ3v) is 5.63. The van der Waals surface area contributed by atoms with E-state index < -0.39 is 0 Å². The lowest BCUT2D eigenvalue weighted by atomic mass is 9.93. The molecule has 1 aliphatic heterocycles. The molecule has 0 radical (unpaired) electrons. The minimum Gasteiger partial charge on any atom is -0.241 e. The van der Waals surface area contributed by atoms with Crippen LogP contribution in [0.15, 0.2) is 6.33 Å². The number of fused-ring (bicyclic) bond motifs is 3. The van der Waals surface area contributed by atoms with E-state index in [0.29, 0.717) is 0 Å². The summed E-state index contributed by atoms with van der Waals surface area (Å²) in [6, 6.07) is 0. The fourth-order valence-corrected chi connectivity index (χ4v) is 4.38. The topological polar surface area (TPSA) is 43.6 Å². The zero-order valence-electron chi connectivity index (χ0n) is 12.0. The second kappa shape index (κ2) is 4.78. The molecule has 0 amide bonds. The molecule has 2 aliphatic carbocycles. The molecule has 0 bridgehead atoms. The molecule has 1 aromatic rings. The molecule has 4 nitrogen and oxygen atoms in total. The van der Waals surface area contributed by atoms with E-state index in [1.54, 1.807) is 11.3 Å². The van der Waals surface area contributed by atoms with Gasteiger partial charge in [-0.05, 0) is 50.7 Å². The van der Waals surface area contributed by atoms with Gasteiger partial charge in [-0.25, -0.2) is 9.97 Å². The Morgan fingerprint density at radius 1 is 1.19 bits per heavy atom. The summed E-state index contributed by atoms with van der Waals surface area (Å²) < 4.78 is 1.45. The number of hydrogen-bond donors (Lipinski definition) is 0. The van der Waals surface area contributed by atoms with Gasteiger partial charge in [0, 0.05) is 22.2 Å². The van der Waals surface area contributed by atoms with E-state index in [9.17, 15) is 0 Å². The Labute approximate surface area is 132 Å². The van der Waals surface area contributed by atoms with Gasteiger partial charge in [-0.15, -0.1) is 16.4 Å². The molecule has 1 aromatic heterocycles. The minimum absolute atomic E-state index is 0.945. The van der Waals surface area contributed by atoms with Gasteiger partial charge < -0.3 is 0 Å². The summed E-state index contributed by atoms with van der Waals surface area (Å²) in [7, 11) is 0. The Hall–Kier alpha value is -1.46. The summed E-state index contributed by atoms with van der Waals surface area (Å²) in [5, 5.41) is 5.16. The van der Waals surface area contributed by atoms with Gasteiger partial charge in [-0.3, -0.25) is 0 Å². The first-order valence-corrected chi connectivity index (χ1v) is 8.30. The molecule has 0 N–H and O–H groups in total. The SMILES string of the molecule is Cc1nc(-c2c3ncnn(Cl)c-3c3c2CCCC3)sc1C. The number of halogens is 1. The molecule has 0 aromatic carbocycles. The van der Waals surface area contributed by atoms with Crippen LogP contribution in [0, 0.1) is 13.8 Å².